The van der Waals surface area contributed by atoms with Crippen LogP contribution in [0.1, 0.15) is 44.4 Å². The first-order chi connectivity index (χ1) is 10.1. The van der Waals surface area contributed by atoms with Crippen LogP contribution in [-0.4, -0.2) is 5.91 Å². The van der Waals surface area contributed by atoms with Crippen molar-refractivity contribution in [2.24, 2.45) is 0 Å². The van der Waals surface area contributed by atoms with Gasteiger partial charge < -0.3 is 5.32 Å². The molecule has 2 aromatic carbocycles. The van der Waals surface area contributed by atoms with E-state index < -0.39 is 0 Å². The minimum absolute atomic E-state index is 0.00177. The Morgan fingerprint density at radius 3 is 2.00 bits per heavy atom. The Morgan fingerprint density at radius 2 is 1.52 bits per heavy atom. The van der Waals surface area contributed by atoms with Gasteiger partial charge >= 0.3 is 0 Å². The average molecular weight is 281 g/mol. The summed E-state index contributed by atoms with van der Waals surface area (Å²) in [5.74, 6) is -0.00177. The molecule has 0 aromatic heterocycles. The number of carbonyl (C=O) groups is 1. The minimum Gasteiger partial charge on any atom is -0.350 e. The van der Waals surface area contributed by atoms with E-state index >= 15 is 0 Å². The zero-order chi connectivity index (χ0) is 15.2. The lowest BCUT2D eigenvalue weighted by Crippen LogP contribution is -2.23. The van der Waals surface area contributed by atoms with Crippen molar-refractivity contribution in [3.05, 3.63) is 59.7 Å². The van der Waals surface area contributed by atoms with E-state index in [0.29, 0.717) is 0 Å². The van der Waals surface area contributed by atoms with Crippen LogP contribution in [0.15, 0.2) is 48.5 Å². The second kappa shape index (κ2) is 7.07. The molecule has 0 radical (unpaired) electrons. The van der Waals surface area contributed by atoms with E-state index in [4.69, 9.17) is 0 Å². The number of amides is 1. The highest BCUT2D eigenvalue weighted by molar-refractivity contribution is 5.73. The van der Waals surface area contributed by atoms with Crippen molar-refractivity contribution in [1.29, 1.82) is 0 Å². The predicted molar refractivity (Wildman–Crippen MR) is 88.1 cm³/mol. The molecular formula is C19H23NO. The van der Waals surface area contributed by atoms with Crippen LogP contribution in [0.2, 0.25) is 0 Å². The molecule has 0 aliphatic heterocycles. The Morgan fingerprint density at radius 1 is 1.00 bits per heavy atom. The van der Waals surface area contributed by atoms with Crippen molar-refractivity contribution in [3.63, 3.8) is 0 Å². The molecule has 2 aromatic rings. The number of rotatable bonds is 5. The lowest BCUT2D eigenvalue weighted by Gasteiger charge is -2.13. The molecule has 0 aliphatic carbocycles. The van der Waals surface area contributed by atoms with E-state index in [1.54, 1.807) is 6.92 Å². The number of aryl methyl sites for hydroxylation is 1. The molecule has 1 amide bonds. The van der Waals surface area contributed by atoms with Crippen LogP contribution in [0.4, 0.5) is 0 Å². The van der Waals surface area contributed by atoms with E-state index in [9.17, 15) is 4.79 Å². The summed E-state index contributed by atoms with van der Waals surface area (Å²) in [6.45, 7) is 5.74. The molecule has 0 fully saturated rings. The normalized spacial score (nSPS) is 12.0. The highest BCUT2D eigenvalue weighted by atomic mass is 16.1. The first-order valence-electron chi connectivity index (χ1n) is 7.56. The largest absolute Gasteiger partial charge is 0.350 e. The van der Waals surface area contributed by atoms with Crippen molar-refractivity contribution in [2.45, 2.75) is 39.7 Å². The van der Waals surface area contributed by atoms with Crippen molar-refractivity contribution >= 4 is 5.91 Å². The summed E-state index contributed by atoms with van der Waals surface area (Å²) >= 11 is 0. The Bertz CT molecular complexity index is 584. The molecule has 0 saturated carbocycles. The molecule has 1 unspecified atom stereocenters. The van der Waals surface area contributed by atoms with Gasteiger partial charge in [0, 0.05) is 6.92 Å². The first kappa shape index (κ1) is 15.3. The molecule has 0 spiro atoms. The van der Waals surface area contributed by atoms with Crippen LogP contribution >= 0.6 is 0 Å². The van der Waals surface area contributed by atoms with Crippen LogP contribution in [-0.2, 0) is 11.2 Å². The number of carbonyl (C=O) groups excluding carboxylic acids is 1. The van der Waals surface area contributed by atoms with Gasteiger partial charge in [-0.3, -0.25) is 4.79 Å². The topological polar surface area (TPSA) is 29.1 Å². The van der Waals surface area contributed by atoms with Gasteiger partial charge in [-0.2, -0.15) is 0 Å². The highest BCUT2D eigenvalue weighted by Crippen LogP contribution is 2.22. The van der Waals surface area contributed by atoms with Gasteiger partial charge in [0.2, 0.25) is 5.91 Å². The Kier molecular flexibility index (Phi) is 5.15. The van der Waals surface area contributed by atoms with Gasteiger partial charge in [-0.15, -0.1) is 0 Å². The van der Waals surface area contributed by atoms with Gasteiger partial charge in [0.15, 0.2) is 0 Å². The fourth-order valence-corrected chi connectivity index (χ4v) is 2.51. The molecule has 0 bridgehead atoms. The molecule has 2 heteroatoms. The molecule has 2 nitrogen and oxygen atoms in total. The lowest BCUT2D eigenvalue weighted by molar-refractivity contribution is -0.119. The molecule has 21 heavy (non-hydrogen) atoms. The van der Waals surface area contributed by atoms with Gasteiger partial charge in [0.05, 0.1) is 6.04 Å². The summed E-state index contributed by atoms with van der Waals surface area (Å²) in [5.41, 5.74) is 4.94. The second-order valence-corrected chi connectivity index (χ2v) is 5.49. The monoisotopic (exact) mass is 281 g/mol. The van der Waals surface area contributed by atoms with Gasteiger partial charge in [-0.25, -0.2) is 0 Å². The van der Waals surface area contributed by atoms with Crippen molar-refractivity contribution < 1.29 is 4.79 Å². The fraction of sp³-hybridized carbons (Fsp3) is 0.316. The molecule has 0 saturated heterocycles. The smallest absolute Gasteiger partial charge is 0.217 e. The quantitative estimate of drug-likeness (QED) is 0.858. The van der Waals surface area contributed by atoms with Gasteiger partial charge in [0.25, 0.3) is 0 Å². The third-order valence-corrected chi connectivity index (χ3v) is 3.66. The number of hydrogen-bond donors (Lipinski definition) is 1. The molecular weight excluding hydrogens is 258 g/mol. The first-order valence-corrected chi connectivity index (χ1v) is 7.56. The van der Waals surface area contributed by atoms with E-state index in [1.807, 2.05) is 6.92 Å². The Labute approximate surface area is 127 Å². The van der Waals surface area contributed by atoms with Crippen molar-refractivity contribution in [1.82, 2.24) is 5.32 Å². The summed E-state index contributed by atoms with van der Waals surface area (Å²) in [6.07, 6.45) is 2.31. The SMILES string of the molecule is CCCc1ccc(-c2ccc(C(C)NC(C)=O)cc2)cc1. The van der Waals surface area contributed by atoms with Crippen LogP contribution in [0, 0.1) is 0 Å². The van der Waals surface area contributed by atoms with Gasteiger partial charge in [-0.05, 0) is 35.6 Å². The summed E-state index contributed by atoms with van der Waals surface area (Å²) in [5, 5.41) is 2.90. The van der Waals surface area contributed by atoms with Crippen molar-refractivity contribution in [3.8, 4) is 11.1 Å². The summed E-state index contributed by atoms with van der Waals surface area (Å²) < 4.78 is 0. The summed E-state index contributed by atoms with van der Waals surface area (Å²) in [7, 11) is 0. The Balaban J connectivity index is 2.12. The van der Waals surface area contributed by atoms with Crippen LogP contribution < -0.4 is 5.32 Å². The standard InChI is InChI=1S/C19H23NO/c1-4-5-16-6-8-18(9-7-16)19-12-10-17(11-13-19)14(2)20-15(3)21/h6-14H,4-5H2,1-3H3,(H,20,21). The third kappa shape index (κ3) is 4.19. The zero-order valence-electron chi connectivity index (χ0n) is 13.0. The van der Waals surface area contributed by atoms with Crippen LogP contribution in [0.5, 0.6) is 0 Å². The molecule has 1 atom stereocenters. The fourth-order valence-electron chi connectivity index (χ4n) is 2.51. The third-order valence-electron chi connectivity index (χ3n) is 3.66. The van der Waals surface area contributed by atoms with E-state index in [1.165, 1.54) is 23.1 Å². The lowest BCUT2D eigenvalue weighted by atomic mass is 9.99. The second-order valence-electron chi connectivity index (χ2n) is 5.49. The highest BCUT2D eigenvalue weighted by Gasteiger charge is 2.06. The molecule has 110 valence electrons. The number of nitrogens with one attached hydrogen (secondary N) is 1. The number of benzene rings is 2. The summed E-state index contributed by atoms with van der Waals surface area (Å²) in [6, 6.07) is 17.2. The molecule has 0 aliphatic rings. The predicted octanol–water partition coefficient (Wildman–Crippen LogP) is 4.50. The van der Waals surface area contributed by atoms with E-state index in [2.05, 4.69) is 60.8 Å². The maximum absolute atomic E-state index is 11.1. The van der Waals surface area contributed by atoms with Gasteiger partial charge in [-0.1, -0.05) is 61.9 Å². The van der Waals surface area contributed by atoms with Gasteiger partial charge in [0.1, 0.15) is 0 Å². The average Bonchev–Trinajstić information content (AvgIpc) is 2.48. The minimum atomic E-state index is -0.00177. The maximum atomic E-state index is 11.1. The van der Waals surface area contributed by atoms with E-state index in [0.717, 1.165) is 12.0 Å². The van der Waals surface area contributed by atoms with Crippen LogP contribution in [0.3, 0.4) is 0 Å². The summed E-state index contributed by atoms with van der Waals surface area (Å²) in [4.78, 5) is 11.1. The maximum Gasteiger partial charge on any atom is 0.217 e. The van der Waals surface area contributed by atoms with Crippen LogP contribution in [0.25, 0.3) is 11.1 Å². The molecule has 1 N–H and O–H groups in total. The number of hydrogen-bond acceptors (Lipinski definition) is 1. The molecule has 0 heterocycles. The zero-order valence-corrected chi connectivity index (χ0v) is 13.0. The Hall–Kier alpha value is -2.09. The van der Waals surface area contributed by atoms with E-state index in [-0.39, 0.29) is 11.9 Å². The molecule has 2 rings (SSSR count). The van der Waals surface area contributed by atoms with Crippen molar-refractivity contribution in [2.75, 3.05) is 0 Å².